The third-order valence-electron chi connectivity index (χ3n) is 4.89. The number of benzene rings is 2. The molecule has 0 unspecified atom stereocenters. The molecular weight excluding hydrogens is 328 g/mol. The largest absolute Gasteiger partial charge is 0.264 e. The Hall–Kier alpha value is -2.55. The highest BCUT2D eigenvalue weighted by Crippen LogP contribution is 2.29. The maximum Gasteiger partial charge on any atom is 0.123 e. The van der Waals surface area contributed by atoms with Gasteiger partial charge < -0.3 is 0 Å². The van der Waals surface area contributed by atoms with E-state index >= 15 is 0 Å². The Bertz CT molecular complexity index is 776. The fraction of sp³-hybridized carbons (Fsp3) is 0.261. The number of halogens is 2. The molecule has 2 aromatic carbocycles. The van der Waals surface area contributed by atoms with Crippen LogP contribution in [0.5, 0.6) is 0 Å². The molecule has 3 aromatic rings. The highest BCUT2D eigenvalue weighted by molar-refractivity contribution is 5.27. The number of pyridine rings is 1. The van der Waals surface area contributed by atoms with Gasteiger partial charge in [0.1, 0.15) is 11.6 Å². The second-order valence-corrected chi connectivity index (χ2v) is 6.76. The Morgan fingerprint density at radius 1 is 0.769 bits per heavy atom. The maximum atomic E-state index is 13.1. The van der Waals surface area contributed by atoms with Crippen molar-refractivity contribution in [2.75, 3.05) is 0 Å². The van der Waals surface area contributed by atoms with Crippen molar-refractivity contribution in [1.82, 2.24) is 4.98 Å². The van der Waals surface area contributed by atoms with Crippen molar-refractivity contribution in [3.8, 4) is 0 Å². The summed E-state index contributed by atoms with van der Waals surface area (Å²) in [6.45, 7) is 2.09. The first kappa shape index (κ1) is 18.2. The third-order valence-corrected chi connectivity index (χ3v) is 4.89. The van der Waals surface area contributed by atoms with Crippen LogP contribution in [-0.4, -0.2) is 4.98 Å². The van der Waals surface area contributed by atoms with Gasteiger partial charge in [-0.15, -0.1) is 0 Å². The van der Waals surface area contributed by atoms with Gasteiger partial charge in [0, 0.05) is 12.4 Å². The lowest BCUT2D eigenvalue weighted by Gasteiger charge is -2.19. The Labute approximate surface area is 153 Å². The summed E-state index contributed by atoms with van der Waals surface area (Å²) < 4.78 is 26.2. The summed E-state index contributed by atoms with van der Waals surface area (Å²) in [5, 5.41) is 0. The van der Waals surface area contributed by atoms with Crippen LogP contribution in [0.2, 0.25) is 0 Å². The van der Waals surface area contributed by atoms with Crippen molar-refractivity contribution in [2.24, 2.45) is 0 Å². The summed E-state index contributed by atoms with van der Waals surface area (Å²) in [5.74, 6) is -0.0220. The van der Waals surface area contributed by atoms with Crippen LogP contribution in [-0.2, 0) is 12.8 Å². The predicted molar refractivity (Wildman–Crippen MR) is 101 cm³/mol. The summed E-state index contributed by atoms with van der Waals surface area (Å²) in [7, 11) is 0. The Morgan fingerprint density at radius 2 is 1.27 bits per heavy atom. The SMILES string of the molecule is Cc1cnccc1C(CCc1ccc(F)cc1)CCc1ccc(F)cc1. The summed E-state index contributed by atoms with van der Waals surface area (Å²) in [4.78, 5) is 4.20. The summed E-state index contributed by atoms with van der Waals surface area (Å²) in [6.07, 6.45) is 7.50. The molecule has 0 atom stereocenters. The van der Waals surface area contributed by atoms with Gasteiger partial charge in [-0.2, -0.15) is 0 Å². The molecule has 0 aliphatic heterocycles. The first-order valence-corrected chi connectivity index (χ1v) is 9.01. The van der Waals surface area contributed by atoms with E-state index in [2.05, 4.69) is 18.0 Å². The minimum absolute atomic E-state index is 0.202. The van der Waals surface area contributed by atoms with E-state index in [0.717, 1.165) is 36.8 Å². The Balaban J connectivity index is 1.72. The highest BCUT2D eigenvalue weighted by atomic mass is 19.1. The van der Waals surface area contributed by atoms with E-state index in [1.54, 1.807) is 0 Å². The molecule has 1 nitrogen and oxygen atoms in total. The fourth-order valence-electron chi connectivity index (χ4n) is 3.38. The summed E-state index contributed by atoms with van der Waals surface area (Å²) in [5.41, 5.74) is 4.79. The van der Waals surface area contributed by atoms with Crippen LogP contribution in [0.4, 0.5) is 8.78 Å². The third kappa shape index (κ3) is 4.98. The standard InChI is InChI=1S/C23H23F2N/c1-17-16-26-15-14-23(17)20(8-2-18-4-10-21(24)11-5-18)9-3-19-6-12-22(25)13-7-19/h4-7,10-16,20H,2-3,8-9H2,1H3. The van der Waals surface area contributed by atoms with E-state index in [0.29, 0.717) is 5.92 Å². The second-order valence-electron chi connectivity index (χ2n) is 6.76. The molecule has 0 fully saturated rings. The van der Waals surface area contributed by atoms with Crippen LogP contribution in [0.1, 0.15) is 41.0 Å². The zero-order valence-corrected chi connectivity index (χ0v) is 15.0. The van der Waals surface area contributed by atoms with Crippen LogP contribution in [0.25, 0.3) is 0 Å². The minimum atomic E-state index is -0.202. The van der Waals surface area contributed by atoms with Crippen LogP contribution in [0, 0.1) is 18.6 Å². The zero-order valence-electron chi connectivity index (χ0n) is 15.0. The van der Waals surface area contributed by atoms with Gasteiger partial charge in [0.2, 0.25) is 0 Å². The molecule has 0 saturated carbocycles. The number of aromatic nitrogens is 1. The quantitative estimate of drug-likeness (QED) is 0.507. The van der Waals surface area contributed by atoms with Gasteiger partial charge in [0.05, 0.1) is 0 Å². The molecule has 0 radical (unpaired) electrons. The van der Waals surface area contributed by atoms with Crippen LogP contribution in [0.15, 0.2) is 67.0 Å². The monoisotopic (exact) mass is 351 g/mol. The van der Waals surface area contributed by atoms with E-state index < -0.39 is 0 Å². The normalized spacial score (nSPS) is 11.1. The topological polar surface area (TPSA) is 12.9 Å². The lowest BCUT2D eigenvalue weighted by molar-refractivity contribution is 0.571. The summed E-state index contributed by atoms with van der Waals surface area (Å²) in [6, 6.07) is 15.6. The molecule has 0 aliphatic carbocycles. The van der Waals surface area contributed by atoms with Crippen molar-refractivity contribution in [3.05, 3.63) is 101 Å². The number of hydrogen-bond acceptors (Lipinski definition) is 1. The van der Waals surface area contributed by atoms with Crippen LogP contribution in [0.3, 0.4) is 0 Å². The minimum Gasteiger partial charge on any atom is -0.264 e. The van der Waals surface area contributed by atoms with Crippen LogP contribution >= 0.6 is 0 Å². The number of rotatable bonds is 7. The van der Waals surface area contributed by atoms with E-state index in [4.69, 9.17) is 0 Å². The number of nitrogens with zero attached hydrogens (tertiary/aromatic N) is 1. The van der Waals surface area contributed by atoms with Gasteiger partial charge in [-0.1, -0.05) is 24.3 Å². The van der Waals surface area contributed by atoms with E-state index in [1.165, 1.54) is 35.4 Å². The van der Waals surface area contributed by atoms with Crippen molar-refractivity contribution in [3.63, 3.8) is 0 Å². The molecule has 0 saturated heterocycles. The molecule has 1 heterocycles. The van der Waals surface area contributed by atoms with Crippen molar-refractivity contribution >= 4 is 0 Å². The smallest absolute Gasteiger partial charge is 0.123 e. The first-order chi connectivity index (χ1) is 12.6. The van der Waals surface area contributed by atoms with Gasteiger partial charge >= 0.3 is 0 Å². The van der Waals surface area contributed by atoms with Gasteiger partial charge in [-0.05, 0) is 91.1 Å². The van der Waals surface area contributed by atoms with Gasteiger partial charge in [0.15, 0.2) is 0 Å². The fourth-order valence-corrected chi connectivity index (χ4v) is 3.38. The highest BCUT2D eigenvalue weighted by Gasteiger charge is 2.14. The second kappa shape index (κ2) is 8.70. The molecule has 26 heavy (non-hydrogen) atoms. The summed E-state index contributed by atoms with van der Waals surface area (Å²) >= 11 is 0. The van der Waals surface area contributed by atoms with Crippen molar-refractivity contribution in [2.45, 2.75) is 38.5 Å². The van der Waals surface area contributed by atoms with E-state index in [9.17, 15) is 8.78 Å². The van der Waals surface area contributed by atoms with Crippen molar-refractivity contribution in [1.29, 1.82) is 0 Å². The average molecular weight is 351 g/mol. The molecule has 0 aliphatic rings. The van der Waals surface area contributed by atoms with Gasteiger partial charge in [-0.3, -0.25) is 4.98 Å². The number of aryl methyl sites for hydroxylation is 3. The Kier molecular flexibility index (Phi) is 6.11. The molecule has 0 N–H and O–H groups in total. The molecule has 3 rings (SSSR count). The molecular formula is C23H23F2N. The Morgan fingerprint density at radius 3 is 1.73 bits per heavy atom. The lowest BCUT2D eigenvalue weighted by Crippen LogP contribution is -2.05. The average Bonchev–Trinajstić information content (AvgIpc) is 2.65. The van der Waals surface area contributed by atoms with Gasteiger partial charge in [0.25, 0.3) is 0 Å². The van der Waals surface area contributed by atoms with E-state index in [-0.39, 0.29) is 11.6 Å². The van der Waals surface area contributed by atoms with Crippen LogP contribution < -0.4 is 0 Å². The zero-order chi connectivity index (χ0) is 18.4. The molecule has 0 amide bonds. The first-order valence-electron chi connectivity index (χ1n) is 9.01. The predicted octanol–water partition coefficient (Wildman–Crippen LogP) is 6.02. The van der Waals surface area contributed by atoms with Crippen molar-refractivity contribution < 1.29 is 8.78 Å². The molecule has 0 spiro atoms. The van der Waals surface area contributed by atoms with E-state index in [1.807, 2.05) is 36.7 Å². The molecule has 1 aromatic heterocycles. The maximum absolute atomic E-state index is 13.1. The molecule has 0 bridgehead atoms. The molecule has 134 valence electrons. The van der Waals surface area contributed by atoms with Gasteiger partial charge in [-0.25, -0.2) is 8.78 Å². The number of hydrogen-bond donors (Lipinski definition) is 0. The molecule has 3 heteroatoms. The lowest BCUT2D eigenvalue weighted by atomic mass is 9.86.